The molecule has 8 heteroatoms. The van der Waals surface area contributed by atoms with E-state index in [-0.39, 0.29) is 6.54 Å². The third-order valence-electron chi connectivity index (χ3n) is 3.46. The Labute approximate surface area is 120 Å². The summed E-state index contributed by atoms with van der Waals surface area (Å²) in [5, 5.41) is 9.44. The number of carbonyl (C=O) groups excluding carboxylic acids is 1. The van der Waals surface area contributed by atoms with Crippen LogP contribution in [-0.4, -0.2) is 34.5 Å². The second kappa shape index (κ2) is 6.05. The number of rotatable bonds is 6. The highest BCUT2D eigenvalue weighted by atomic mass is 19.4. The molecule has 0 bridgehead atoms. The fourth-order valence-electron chi connectivity index (χ4n) is 2.07. The molecule has 1 aliphatic rings. The van der Waals surface area contributed by atoms with Crippen LogP contribution in [0.4, 0.5) is 13.2 Å². The fraction of sp³-hybridized carbons (Fsp3) is 0.692. The summed E-state index contributed by atoms with van der Waals surface area (Å²) >= 11 is 0. The molecule has 0 saturated heterocycles. The predicted molar refractivity (Wildman–Crippen MR) is 70.6 cm³/mol. The monoisotopic (exact) mass is 304 g/mol. The van der Waals surface area contributed by atoms with Crippen LogP contribution in [0.1, 0.15) is 29.8 Å². The van der Waals surface area contributed by atoms with E-state index in [2.05, 4.69) is 10.4 Å². The molecular weight excluding hydrogens is 285 g/mol. The minimum atomic E-state index is -4.40. The van der Waals surface area contributed by atoms with Crippen LogP contribution >= 0.6 is 0 Å². The Balaban J connectivity index is 1.93. The van der Waals surface area contributed by atoms with Crippen LogP contribution in [0, 0.1) is 13.8 Å². The second-order valence-corrected chi connectivity index (χ2v) is 5.35. The molecule has 0 aromatic carbocycles. The Morgan fingerprint density at radius 1 is 1.38 bits per heavy atom. The molecule has 2 rings (SSSR count). The van der Waals surface area contributed by atoms with Crippen LogP contribution in [-0.2, 0) is 17.9 Å². The summed E-state index contributed by atoms with van der Waals surface area (Å²) in [5.74, 6) is -0.695. The molecule has 1 amide bonds. The zero-order valence-corrected chi connectivity index (χ0v) is 12.0. The minimum Gasteiger partial charge on any atom is -0.345 e. The summed E-state index contributed by atoms with van der Waals surface area (Å²) in [6.07, 6.45) is -2.05. The molecule has 1 fully saturated rings. The Bertz CT molecular complexity index is 520. The molecule has 1 aliphatic carbocycles. The van der Waals surface area contributed by atoms with Crippen LogP contribution in [0.5, 0.6) is 0 Å². The standard InChI is InChI=1S/C13H19F3N4O/c1-8-11(5-17-10-3-4-10)9(2)20(19-8)6-12(21)18-7-13(14,15)16/h10,17H,3-7H2,1-2H3,(H,18,21). The van der Waals surface area contributed by atoms with E-state index in [1.54, 1.807) is 0 Å². The van der Waals surface area contributed by atoms with E-state index < -0.39 is 18.6 Å². The topological polar surface area (TPSA) is 59.0 Å². The molecule has 0 aliphatic heterocycles. The molecule has 0 atom stereocenters. The lowest BCUT2D eigenvalue weighted by atomic mass is 10.2. The molecule has 1 aromatic rings. The van der Waals surface area contributed by atoms with E-state index in [9.17, 15) is 18.0 Å². The second-order valence-electron chi connectivity index (χ2n) is 5.35. The van der Waals surface area contributed by atoms with E-state index in [0.717, 1.165) is 17.0 Å². The first-order valence-electron chi connectivity index (χ1n) is 6.86. The lowest BCUT2D eigenvalue weighted by Gasteiger charge is -2.09. The SMILES string of the molecule is Cc1nn(CC(=O)NCC(F)(F)F)c(C)c1CNC1CC1. The van der Waals surface area contributed by atoms with Gasteiger partial charge in [-0.2, -0.15) is 18.3 Å². The van der Waals surface area contributed by atoms with Gasteiger partial charge in [-0.25, -0.2) is 0 Å². The first-order chi connectivity index (χ1) is 9.76. The molecule has 0 radical (unpaired) electrons. The number of nitrogens with one attached hydrogen (secondary N) is 2. The smallest absolute Gasteiger partial charge is 0.345 e. The predicted octanol–water partition coefficient (Wildman–Crippen LogP) is 1.43. The largest absolute Gasteiger partial charge is 0.405 e. The van der Waals surface area contributed by atoms with Gasteiger partial charge in [0.05, 0.1) is 5.69 Å². The van der Waals surface area contributed by atoms with Gasteiger partial charge < -0.3 is 10.6 Å². The molecule has 1 saturated carbocycles. The molecule has 21 heavy (non-hydrogen) atoms. The Hall–Kier alpha value is -1.57. The number of alkyl halides is 3. The fourth-order valence-corrected chi connectivity index (χ4v) is 2.07. The number of amides is 1. The van der Waals surface area contributed by atoms with Crippen molar-refractivity contribution < 1.29 is 18.0 Å². The first kappa shape index (κ1) is 15.8. The van der Waals surface area contributed by atoms with Crippen molar-refractivity contribution in [2.24, 2.45) is 0 Å². The number of aromatic nitrogens is 2. The normalized spacial score (nSPS) is 15.3. The lowest BCUT2D eigenvalue weighted by Crippen LogP contribution is -2.36. The van der Waals surface area contributed by atoms with Gasteiger partial charge in [0.15, 0.2) is 0 Å². The molecule has 1 aromatic heterocycles. The van der Waals surface area contributed by atoms with Crippen molar-refractivity contribution in [1.82, 2.24) is 20.4 Å². The molecular formula is C13H19F3N4O. The highest BCUT2D eigenvalue weighted by molar-refractivity contribution is 5.75. The number of nitrogens with zero attached hydrogens (tertiary/aromatic N) is 2. The zero-order chi connectivity index (χ0) is 15.6. The zero-order valence-electron chi connectivity index (χ0n) is 12.0. The molecule has 2 N–H and O–H groups in total. The highest BCUT2D eigenvalue weighted by Crippen LogP contribution is 2.21. The third kappa shape index (κ3) is 4.73. The average molecular weight is 304 g/mol. The molecule has 0 unspecified atom stereocenters. The third-order valence-corrected chi connectivity index (χ3v) is 3.46. The quantitative estimate of drug-likeness (QED) is 0.836. The van der Waals surface area contributed by atoms with Crippen molar-refractivity contribution in [1.29, 1.82) is 0 Å². The summed E-state index contributed by atoms with van der Waals surface area (Å²) in [6.45, 7) is 2.81. The van der Waals surface area contributed by atoms with Gasteiger partial charge in [0.2, 0.25) is 5.91 Å². The number of halogens is 3. The Morgan fingerprint density at radius 3 is 2.62 bits per heavy atom. The van der Waals surface area contributed by atoms with E-state index >= 15 is 0 Å². The lowest BCUT2D eigenvalue weighted by molar-refractivity contribution is -0.138. The number of hydrogen-bond acceptors (Lipinski definition) is 3. The van der Waals surface area contributed by atoms with Crippen molar-refractivity contribution in [2.45, 2.75) is 52.0 Å². The van der Waals surface area contributed by atoms with E-state index in [4.69, 9.17) is 0 Å². The molecule has 5 nitrogen and oxygen atoms in total. The summed E-state index contributed by atoms with van der Waals surface area (Å²) < 4.78 is 37.6. The van der Waals surface area contributed by atoms with Gasteiger partial charge in [-0.15, -0.1) is 0 Å². The van der Waals surface area contributed by atoms with Crippen molar-refractivity contribution in [3.05, 3.63) is 17.0 Å². The summed E-state index contributed by atoms with van der Waals surface area (Å²) in [6, 6.07) is 0.558. The first-order valence-corrected chi connectivity index (χ1v) is 6.86. The van der Waals surface area contributed by atoms with E-state index in [1.807, 2.05) is 19.2 Å². The van der Waals surface area contributed by atoms with Gasteiger partial charge in [0.1, 0.15) is 13.1 Å². The van der Waals surface area contributed by atoms with Gasteiger partial charge in [-0.1, -0.05) is 0 Å². The minimum absolute atomic E-state index is 0.202. The van der Waals surface area contributed by atoms with Gasteiger partial charge in [0, 0.05) is 23.8 Å². The summed E-state index contributed by atoms with van der Waals surface area (Å²) in [5.41, 5.74) is 2.61. The maximum absolute atomic E-state index is 12.0. The average Bonchev–Trinajstić information content (AvgIpc) is 3.14. The van der Waals surface area contributed by atoms with Crippen LogP contribution in [0.25, 0.3) is 0 Å². The number of hydrogen-bond donors (Lipinski definition) is 2. The Morgan fingerprint density at radius 2 is 2.05 bits per heavy atom. The Kier molecular flexibility index (Phi) is 4.55. The van der Waals surface area contributed by atoms with Crippen molar-refractivity contribution in [2.75, 3.05) is 6.54 Å². The van der Waals surface area contributed by atoms with Crippen LogP contribution < -0.4 is 10.6 Å². The van der Waals surface area contributed by atoms with Crippen molar-refractivity contribution >= 4 is 5.91 Å². The molecule has 1 heterocycles. The van der Waals surface area contributed by atoms with Crippen molar-refractivity contribution in [3.63, 3.8) is 0 Å². The maximum atomic E-state index is 12.0. The van der Waals surface area contributed by atoms with Crippen LogP contribution in [0.3, 0.4) is 0 Å². The summed E-state index contributed by atoms with van der Waals surface area (Å²) in [7, 11) is 0. The van der Waals surface area contributed by atoms with Gasteiger partial charge in [-0.3, -0.25) is 9.48 Å². The maximum Gasteiger partial charge on any atom is 0.405 e. The number of aryl methyl sites for hydroxylation is 1. The van der Waals surface area contributed by atoms with E-state index in [1.165, 1.54) is 17.5 Å². The van der Waals surface area contributed by atoms with Gasteiger partial charge in [0.25, 0.3) is 0 Å². The van der Waals surface area contributed by atoms with E-state index in [0.29, 0.717) is 12.6 Å². The highest BCUT2D eigenvalue weighted by Gasteiger charge is 2.28. The number of carbonyl (C=O) groups is 1. The van der Waals surface area contributed by atoms with Gasteiger partial charge in [-0.05, 0) is 26.7 Å². The molecule has 118 valence electrons. The van der Waals surface area contributed by atoms with Crippen molar-refractivity contribution in [3.8, 4) is 0 Å². The summed E-state index contributed by atoms with van der Waals surface area (Å²) in [4.78, 5) is 11.5. The van der Waals surface area contributed by atoms with Gasteiger partial charge >= 0.3 is 6.18 Å². The van der Waals surface area contributed by atoms with Crippen LogP contribution in [0.15, 0.2) is 0 Å². The van der Waals surface area contributed by atoms with Crippen LogP contribution in [0.2, 0.25) is 0 Å². The molecule has 0 spiro atoms.